The standard InChI is InChI=1S/C18H25N3O6S2/c1-4-5-14-16-15(21(18(14)23)28(3,24)25)10-11-20(16)29(26,27)13-8-6-12(7-9-13)17(22)19-2/h6-9,14-16H,4-5,10-11H2,1-3H3,(H,19,22). The van der Waals surface area contributed by atoms with Gasteiger partial charge in [0, 0.05) is 19.2 Å². The van der Waals surface area contributed by atoms with Gasteiger partial charge < -0.3 is 5.32 Å². The number of hydrogen-bond donors (Lipinski definition) is 1. The van der Waals surface area contributed by atoms with Crippen LogP contribution in [0.15, 0.2) is 29.2 Å². The van der Waals surface area contributed by atoms with E-state index in [-0.39, 0.29) is 23.8 Å². The molecule has 2 aliphatic rings. The molecule has 2 heterocycles. The fourth-order valence-corrected chi connectivity index (χ4v) is 7.21. The predicted molar refractivity (Wildman–Crippen MR) is 106 cm³/mol. The van der Waals surface area contributed by atoms with E-state index >= 15 is 0 Å². The van der Waals surface area contributed by atoms with Gasteiger partial charge in [-0.1, -0.05) is 13.3 Å². The second kappa shape index (κ2) is 7.69. The Morgan fingerprint density at radius 3 is 2.31 bits per heavy atom. The molecule has 0 aliphatic carbocycles. The van der Waals surface area contributed by atoms with Crippen molar-refractivity contribution in [3.8, 4) is 0 Å². The van der Waals surface area contributed by atoms with Crippen LogP contribution in [0.5, 0.6) is 0 Å². The molecule has 0 bridgehead atoms. The van der Waals surface area contributed by atoms with Gasteiger partial charge in [0.25, 0.3) is 5.91 Å². The zero-order valence-corrected chi connectivity index (χ0v) is 18.2. The van der Waals surface area contributed by atoms with Gasteiger partial charge in [-0.15, -0.1) is 0 Å². The van der Waals surface area contributed by atoms with Crippen molar-refractivity contribution in [1.29, 1.82) is 0 Å². The quantitative estimate of drug-likeness (QED) is 0.679. The highest BCUT2D eigenvalue weighted by Gasteiger charge is 2.58. The lowest BCUT2D eigenvalue weighted by Gasteiger charge is -2.26. The Morgan fingerprint density at radius 2 is 1.79 bits per heavy atom. The summed E-state index contributed by atoms with van der Waals surface area (Å²) in [7, 11) is -6.27. The van der Waals surface area contributed by atoms with Crippen LogP contribution in [-0.2, 0) is 24.8 Å². The van der Waals surface area contributed by atoms with E-state index in [1.807, 2.05) is 6.92 Å². The summed E-state index contributed by atoms with van der Waals surface area (Å²) >= 11 is 0. The van der Waals surface area contributed by atoms with E-state index in [4.69, 9.17) is 0 Å². The number of amides is 2. The first-order valence-electron chi connectivity index (χ1n) is 9.41. The summed E-state index contributed by atoms with van der Waals surface area (Å²) in [5.74, 6) is -1.55. The number of sulfonamides is 2. The Morgan fingerprint density at radius 1 is 1.17 bits per heavy atom. The van der Waals surface area contributed by atoms with Crippen LogP contribution < -0.4 is 5.32 Å². The summed E-state index contributed by atoms with van der Waals surface area (Å²) in [6.07, 6.45) is 2.28. The van der Waals surface area contributed by atoms with E-state index in [1.165, 1.54) is 35.6 Å². The van der Waals surface area contributed by atoms with E-state index in [9.17, 15) is 26.4 Å². The van der Waals surface area contributed by atoms with E-state index in [1.54, 1.807) is 0 Å². The third kappa shape index (κ3) is 3.66. The van der Waals surface area contributed by atoms with E-state index in [2.05, 4.69) is 5.32 Å². The van der Waals surface area contributed by atoms with Gasteiger partial charge >= 0.3 is 0 Å². The molecule has 2 fully saturated rings. The molecule has 0 aromatic heterocycles. The summed E-state index contributed by atoms with van der Waals surface area (Å²) in [5.41, 5.74) is 0.328. The number of rotatable bonds is 6. The molecule has 29 heavy (non-hydrogen) atoms. The molecule has 2 amide bonds. The van der Waals surface area contributed by atoms with Crippen molar-refractivity contribution in [2.24, 2.45) is 5.92 Å². The van der Waals surface area contributed by atoms with Crippen LogP contribution in [0.2, 0.25) is 0 Å². The minimum atomic E-state index is -3.96. The molecule has 1 aromatic rings. The van der Waals surface area contributed by atoms with Gasteiger partial charge in [-0.25, -0.2) is 21.1 Å². The van der Waals surface area contributed by atoms with Gasteiger partial charge in [0.1, 0.15) is 0 Å². The number of nitrogens with zero attached hydrogens (tertiary/aromatic N) is 2. The van der Waals surface area contributed by atoms with Crippen molar-refractivity contribution >= 4 is 31.9 Å². The third-order valence-corrected chi connectivity index (χ3v) is 8.60. The molecule has 3 atom stereocenters. The minimum Gasteiger partial charge on any atom is -0.355 e. The zero-order valence-electron chi connectivity index (χ0n) is 16.5. The van der Waals surface area contributed by atoms with Crippen LogP contribution in [0.25, 0.3) is 0 Å². The van der Waals surface area contributed by atoms with Crippen molar-refractivity contribution in [3.63, 3.8) is 0 Å². The Bertz CT molecular complexity index is 1020. The van der Waals surface area contributed by atoms with Crippen molar-refractivity contribution < 1.29 is 26.4 Å². The average Bonchev–Trinajstić information content (AvgIpc) is 3.19. The Labute approximate surface area is 171 Å². The molecule has 0 saturated carbocycles. The van der Waals surface area contributed by atoms with Gasteiger partial charge in [-0.2, -0.15) is 4.31 Å². The molecule has 1 N–H and O–H groups in total. The Kier molecular flexibility index (Phi) is 5.76. The van der Waals surface area contributed by atoms with E-state index in [0.29, 0.717) is 18.4 Å². The summed E-state index contributed by atoms with van der Waals surface area (Å²) in [4.78, 5) is 24.5. The largest absolute Gasteiger partial charge is 0.355 e. The monoisotopic (exact) mass is 443 g/mol. The lowest BCUT2D eigenvalue weighted by molar-refractivity contribution is -0.128. The minimum absolute atomic E-state index is 0.00584. The molecule has 3 unspecified atom stereocenters. The van der Waals surface area contributed by atoms with Crippen LogP contribution >= 0.6 is 0 Å². The molecular weight excluding hydrogens is 418 g/mol. The smallest absolute Gasteiger partial charge is 0.251 e. The molecular formula is C18H25N3O6S2. The molecule has 9 nitrogen and oxygen atoms in total. The molecule has 2 saturated heterocycles. The van der Waals surface area contributed by atoms with Gasteiger partial charge in [-0.05, 0) is 37.1 Å². The van der Waals surface area contributed by atoms with Gasteiger partial charge in [-0.3, -0.25) is 9.59 Å². The first-order valence-corrected chi connectivity index (χ1v) is 12.7. The number of benzene rings is 1. The summed E-state index contributed by atoms with van der Waals surface area (Å²) in [6.45, 7) is 2.01. The first-order chi connectivity index (χ1) is 13.5. The zero-order chi connectivity index (χ0) is 21.6. The van der Waals surface area contributed by atoms with Crippen molar-refractivity contribution in [3.05, 3.63) is 29.8 Å². The van der Waals surface area contributed by atoms with Crippen LogP contribution in [0.4, 0.5) is 0 Å². The number of carbonyl (C=O) groups excluding carboxylic acids is 2. The highest BCUT2D eigenvalue weighted by molar-refractivity contribution is 7.89. The van der Waals surface area contributed by atoms with Crippen LogP contribution in [-0.4, -0.2) is 69.2 Å². The molecule has 0 radical (unpaired) electrons. The van der Waals surface area contributed by atoms with Crippen molar-refractivity contribution in [2.75, 3.05) is 19.8 Å². The van der Waals surface area contributed by atoms with Crippen molar-refractivity contribution in [1.82, 2.24) is 13.9 Å². The molecule has 0 spiro atoms. The van der Waals surface area contributed by atoms with Crippen LogP contribution in [0.1, 0.15) is 36.5 Å². The maximum absolute atomic E-state index is 13.3. The summed E-state index contributed by atoms with van der Waals surface area (Å²) in [5, 5.41) is 2.47. The Balaban J connectivity index is 1.98. The predicted octanol–water partition coefficient (Wildman–Crippen LogP) is 0.396. The highest BCUT2D eigenvalue weighted by Crippen LogP contribution is 2.42. The number of fused-ring (bicyclic) bond motifs is 1. The van der Waals surface area contributed by atoms with Gasteiger partial charge in [0.15, 0.2) is 0 Å². The molecule has 1 aromatic carbocycles. The summed E-state index contributed by atoms with van der Waals surface area (Å²) < 4.78 is 53.1. The lowest BCUT2D eigenvalue weighted by atomic mass is 9.95. The second-order valence-electron chi connectivity index (χ2n) is 7.36. The molecule has 160 valence electrons. The van der Waals surface area contributed by atoms with Gasteiger partial charge in [0.05, 0.1) is 29.2 Å². The third-order valence-electron chi connectivity index (χ3n) is 5.53. The average molecular weight is 444 g/mol. The Hall–Kier alpha value is -1.98. The number of nitrogens with one attached hydrogen (secondary N) is 1. The van der Waals surface area contributed by atoms with Crippen molar-refractivity contribution in [2.45, 2.75) is 43.2 Å². The summed E-state index contributed by atoms with van der Waals surface area (Å²) in [6, 6.07) is 4.15. The SMILES string of the molecule is CCCC1C(=O)N(S(C)(=O)=O)C2CCN(S(=O)(=O)c3ccc(C(=O)NC)cc3)C12. The highest BCUT2D eigenvalue weighted by atomic mass is 32.2. The van der Waals surface area contributed by atoms with E-state index in [0.717, 1.165) is 10.6 Å². The van der Waals surface area contributed by atoms with Crippen LogP contribution in [0.3, 0.4) is 0 Å². The molecule has 2 aliphatic heterocycles. The fraction of sp³-hybridized carbons (Fsp3) is 0.556. The maximum Gasteiger partial charge on any atom is 0.251 e. The van der Waals surface area contributed by atoms with Crippen LogP contribution in [0, 0.1) is 5.92 Å². The normalized spacial score (nSPS) is 25.3. The van der Waals surface area contributed by atoms with E-state index < -0.39 is 44.0 Å². The topological polar surface area (TPSA) is 121 Å². The first kappa shape index (κ1) is 21.7. The lowest BCUT2D eigenvalue weighted by Crippen LogP contribution is -2.43. The maximum atomic E-state index is 13.3. The molecule has 11 heteroatoms. The number of carbonyl (C=O) groups is 2. The molecule has 3 rings (SSSR count). The van der Waals surface area contributed by atoms with Gasteiger partial charge in [0.2, 0.25) is 26.0 Å². The second-order valence-corrected chi connectivity index (χ2v) is 11.1. The fourth-order valence-electron chi connectivity index (χ4n) is 4.32. The number of hydrogen-bond acceptors (Lipinski definition) is 6.